The van der Waals surface area contributed by atoms with Crippen molar-refractivity contribution in [3.63, 3.8) is 0 Å². The largest absolute Gasteiger partial charge is 0.443 e. The number of ether oxygens (including phenoxy) is 1. The minimum Gasteiger partial charge on any atom is -0.443 e. The van der Waals surface area contributed by atoms with Crippen LogP contribution in [0, 0.1) is 0 Å². The third-order valence-electron chi connectivity index (χ3n) is 5.70. The first-order valence-corrected chi connectivity index (χ1v) is 11.9. The molecule has 1 aliphatic heterocycles. The number of hydrogen-bond acceptors (Lipinski definition) is 4. The van der Waals surface area contributed by atoms with Crippen molar-refractivity contribution in [2.24, 2.45) is 0 Å². The highest BCUT2D eigenvalue weighted by atomic mass is 32.2. The fourth-order valence-corrected chi connectivity index (χ4v) is 5.41. The molecule has 2 heterocycles. The summed E-state index contributed by atoms with van der Waals surface area (Å²) in [7, 11) is 0.635. The van der Waals surface area contributed by atoms with E-state index in [9.17, 15) is 9.00 Å². The van der Waals surface area contributed by atoms with Gasteiger partial charge in [-0.1, -0.05) is 36.4 Å². The summed E-state index contributed by atoms with van der Waals surface area (Å²) < 4.78 is 20.8. The van der Waals surface area contributed by atoms with Gasteiger partial charge in [-0.2, -0.15) is 0 Å². The van der Waals surface area contributed by atoms with Crippen LogP contribution in [-0.2, 0) is 15.5 Å². The van der Waals surface area contributed by atoms with E-state index in [1.54, 1.807) is 4.57 Å². The number of likely N-dealkylation sites (tertiary alicyclic amines) is 1. The number of benzene rings is 2. The number of fused-ring (bicyclic) bond motifs is 1. The fourth-order valence-electron chi connectivity index (χ4n) is 4.20. The molecule has 1 saturated heterocycles. The molecule has 5 nitrogen and oxygen atoms in total. The Bertz CT molecular complexity index is 1110. The van der Waals surface area contributed by atoms with Gasteiger partial charge >= 0.3 is 6.09 Å². The van der Waals surface area contributed by atoms with Crippen molar-refractivity contribution in [2.75, 3.05) is 20.1 Å². The molecule has 1 fully saturated rings. The van der Waals surface area contributed by atoms with Crippen molar-refractivity contribution in [1.29, 1.82) is 0 Å². The SMILES string of the molecule is CN1CCC(c2cccc3cc(S(=O)c4ccccc4)n(C(=O)OC(C)(C)C)c23)CC1. The molecule has 0 saturated carbocycles. The molecule has 1 aliphatic rings. The van der Waals surface area contributed by atoms with E-state index < -0.39 is 22.5 Å². The van der Waals surface area contributed by atoms with Gasteiger partial charge in [-0.3, -0.25) is 0 Å². The summed E-state index contributed by atoms with van der Waals surface area (Å²) in [6.07, 6.45) is 1.58. The van der Waals surface area contributed by atoms with Crippen LogP contribution in [0.1, 0.15) is 45.1 Å². The summed E-state index contributed by atoms with van der Waals surface area (Å²) in [4.78, 5) is 16.4. The topological polar surface area (TPSA) is 51.5 Å². The second-order valence-electron chi connectivity index (χ2n) is 9.24. The Morgan fingerprint density at radius 2 is 1.71 bits per heavy atom. The van der Waals surface area contributed by atoms with E-state index >= 15 is 0 Å². The Hall–Kier alpha value is -2.44. The lowest BCUT2D eigenvalue weighted by molar-refractivity contribution is 0.0530. The first-order valence-electron chi connectivity index (χ1n) is 10.8. The predicted octanol–water partition coefficient (Wildman–Crippen LogP) is 5.40. The van der Waals surface area contributed by atoms with Crippen LogP contribution in [0.4, 0.5) is 4.79 Å². The molecule has 1 atom stereocenters. The van der Waals surface area contributed by atoms with Gasteiger partial charge in [-0.25, -0.2) is 13.6 Å². The van der Waals surface area contributed by atoms with Gasteiger partial charge < -0.3 is 9.64 Å². The number of carbonyl (C=O) groups excluding carboxylic acids is 1. The molecule has 1 unspecified atom stereocenters. The van der Waals surface area contributed by atoms with Crippen LogP contribution in [0.5, 0.6) is 0 Å². The molecule has 0 spiro atoms. The monoisotopic (exact) mass is 438 g/mol. The van der Waals surface area contributed by atoms with Crippen molar-refractivity contribution in [3.8, 4) is 0 Å². The molecule has 31 heavy (non-hydrogen) atoms. The smallest absolute Gasteiger partial charge is 0.420 e. The second kappa shape index (κ2) is 8.60. The zero-order chi connectivity index (χ0) is 22.2. The number of piperidine rings is 1. The van der Waals surface area contributed by atoms with Gasteiger partial charge in [0.2, 0.25) is 0 Å². The number of carbonyl (C=O) groups is 1. The minimum absolute atomic E-state index is 0.356. The molecule has 4 rings (SSSR count). The van der Waals surface area contributed by atoms with Crippen molar-refractivity contribution < 1.29 is 13.7 Å². The third kappa shape index (κ3) is 4.60. The maximum Gasteiger partial charge on any atom is 0.420 e. The Kier molecular flexibility index (Phi) is 6.04. The molecule has 0 N–H and O–H groups in total. The van der Waals surface area contributed by atoms with Crippen molar-refractivity contribution in [2.45, 2.75) is 55.1 Å². The highest BCUT2D eigenvalue weighted by Crippen LogP contribution is 2.36. The lowest BCUT2D eigenvalue weighted by Crippen LogP contribution is -2.30. The minimum atomic E-state index is -1.50. The summed E-state index contributed by atoms with van der Waals surface area (Å²) in [6, 6.07) is 17.3. The standard InChI is InChI=1S/C25H30N2O3S/c1-25(2,3)30-24(28)27-22(31(29)20-10-6-5-7-11-20)17-19-9-8-12-21(23(19)27)18-13-15-26(4)16-14-18/h5-12,17-18H,13-16H2,1-4H3. The Labute approximate surface area is 186 Å². The fraction of sp³-hybridized carbons (Fsp3) is 0.400. The first kappa shape index (κ1) is 21.8. The molecule has 0 amide bonds. The lowest BCUT2D eigenvalue weighted by atomic mass is 9.88. The van der Waals surface area contributed by atoms with Gasteiger partial charge in [0.05, 0.1) is 5.52 Å². The van der Waals surface area contributed by atoms with E-state index in [-0.39, 0.29) is 0 Å². The van der Waals surface area contributed by atoms with Gasteiger partial charge in [-0.15, -0.1) is 0 Å². The number of rotatable bonds is 3. The Morgan fingerprint density at radius 1 is 1.03 bits per heavy atom. The number of nitrogens with zero attached hydrogens (tertiary/aromatic N) is 2. The van der Waals surface area contributed by atoms with Crippen LogP contribution in [-0.4, -0.2) is 45.5 Å². The average molecular weight is 439 g/mol. The predicted molar refractivity (Wildman–Crippen MR) is 124 cm³/mol. The maximum atomic E-state index is 13.5. The van der Waals surface area contributed by atoms with Crippen LogP contribution >= 0.6 is 0 Å². The molecule has 3 aromatic rings. The molecule has 6 heteroatoms. The third-order valence-corrected chi connectivity index (χ3v) is 7.08. The first-order chi connectivity index (χ1) is 14.7. The van der Waals surface area contributed by atoms with Crippen LogP contribution in [0.3, 0.4) is 0 Å². The van der Waals surface area contributed by atoms with Gasteiger partial charge in [0.15, 0.2) is 0 Å². The molecule has 0 radical (unpaired) electrons. The summed E-state index contributed by atoms with van der Waals surface area (Å²) in [5, 5.41) is 1.37. The van der Waals surface area contributed by atoms with Crippen LogP contribution in [0.2, 0.25) is 0 Å². The number of para-hydroxylation sites is 1. The van der Waals surface area contributed by atoms with Crippen LogP contribution in [0.15, 0.2) is 64.5 Å². The van der Waals surface area contributed by atoms with E-state index in [4.69, 9.17) is 4.74 Å². The van der Waals surface area contributed by atoms with Crippen molar-refractivity contribution in [3.05, 3.63) is 60.2 Å². The quantitative estimate of drug-likeness (QED) is 0.549. The normalized spacial score (nSPS) is 17.0. The molecular formula is C25H30N2O3S. The summed E-state index contributed by atoms with van der Waals surface area (Å²) in [6.45, 7) is 7.60. The van der Waals surface area contributed by atoms with Gasteiger partial charge in [0.25, 0.3) is 0 Å². The second-order valence-corrected chi connectivity index (χ2v) is 10.7. The summed E-state index contributed by atoms with van der Waals surface area (Å²) >= 11 is 0. The summed E-state index contributed by atoms with van der Waals surface area (Å²) in [5.74, 6) is 0.356. The van der Waals surface area contributed by atoms with Gasteiger partial charge in [0, 0.05) is 10.3 Å². The molecule has 1 aromatic heterocycles. The van der Waals surface area contributed by atoms with Crippen molar-refractivity contribution >= 4 is 27.8 Å². The van der Waals surface area contributed by atoms with Gasteiger partial charge in [-0.05, 0) is 83.4 Å². The molecular weight excluding hydrogens is 408 g/mol. The van der Waals surface area contributed by atoms with Gasteiger partial charge in [0.1, 0.15) is 21.4 Å². The zero-order valence-electron chi connectivity index (χ0n) is 18.6. The van der Waals surface area contributed by atoms with E-state index in [1.165, 1.54) is 0 Å². The molecule has 2 aromatic carbocycles. The number of hydrogen-bond donors (Lipinski definition) is 0. The van der Waals surface area contributed by atoms with E-state index in [2.05, 4.69) is 18.0 Å². The molecule has 164 valence electrons. The van der Waals surface area contributed by atoms with E-state index in [0.29, 0.717) is 15.8 Å². The van der Waals surface area contributed by atoms with Crippen LogP contribution in [0.25, 0.3) is 10.9 Å². The highest BCUT2D eigenvalue weighted by Gasteiger charge is 2.29. The van der Waals surface area contributed by atoms with Crippen molar-refractivity contribution in [1.82, 2.24) is 9.47 Å². The zero-order valence-corrected chi connectivity index (χ0v) is 19.4. The lowest BCUT2D eigenvalue weighted by Gasteiger charge is -2.30. The van der Waals surface area contributed by atoms with E-state index in [1.807, 2.05) is 69.3 Å². The van der Waals surface area contributed by atoms with Crippen LogP contribution < -0.4 is 0 Å². The highest BCUT2D eigenvalue weighted by molar-refractivity contribution is 7.85. The summed E-state index contributed by atoms with van der Waals surface area (Å²) in [5.41, 5.74) is 1.31. The Balaban J connectivity index is 1.89. The average Bonchev–Trinajstić information content (AvgIpc) is 3.13. The molecule has 0 aliphatic carbocycles. The van der Waals surface area contributed by atoms with E-state index in [0.717, 1.165) is 42.4 Å². The number of aromatic nitrogens is 1. The Morgan fingerprint density at radius 3 is 2.35 bits per heavy atom. The maximum absolute atomic E-state index is 13.5. The molecule has 0 bridgehead atoms.